The summed E-state index contributed by atoms with van der Waals surface area (Å²) in [5.74, 6) is 0. The molecule has 112 valence electrons. The van der Waals surface area contributed by atoms with Crippen molar-refractivity contribution in [2.24, 2.45) is 0 Å². The van der Waals surface area contributed by atoms with Gasteiger partial charge in [-0.25, -0.2) is 13.1 Å². The number of sulfonamides is 1. The van der Waals surface area contributed by atoms with Crippen LogP contribution >= 0.6 is 27.5 Å². The SMILES string of the molecule is CC(NS(=O)(=O)c1ccc(Cl)c(N)c1)c1cccc(Br)c1. The highest BCUT2D eigenvalue weighted by Crippen LogP contribution is 2.24. The van der Waals surface area contributed by atoms with Crippen molar-refractivity contribution in [1.82, 2.24) is 4.72 Å². The average Bonchev–Trinajstić information content (AvgIpc) is 2.41. The van der Waals surface area contributed by atoms with Crippen LogP contribution in [0.25, 0.3) is 0 Å². The van der Waals surface area contributed by atoms with Crippen LogP contribution in [0, 0.1) is 0 Å². The summed E-state index contributed by atoms with van der Waals surface area (Å²) in [5.41, 5.74) is 6.74. The van der Waals surface area contributed by atoms with E-state index < -0.39 is 10.0 Å². The normalized spacial score (nSPS) is 13.1. The Kier molecular flexibility index (Phi) is 4.93. The van der Waals surface area contributed by atoms with Crippen LogP contribution < -0.4 is 10.5 Å². The zero-order valence-corrected chi connectivity index (χ0v) is 14.3. The van der Waals surface area contributed by atoms with Crippen LogP contribution in [0.5, 0.6) is 0 Å². The van der Waals surface area contributed by atoms with Crippen molar-refractivity contribution in [3.63, 3.8) is 0 Å². The van der Waals surface area contributed by atoms with Gasteiger partial charge in [0.25, 0.3) is 0 Å². The molecule has 0 radical (unpaired) electrons. The summed E-state index contributed by atoms with van der Waals surface area (Å²) in [6.45, 7) is 1.78. The molecule has 0 amide bonds. The molecule has 2 rings (SSSR count). The maximum absolute atomic E-state index is 12.3. The third-order valence-electron chi connectivity index (χ3n) is 2.96. The third-order valence-corrected chi connectivity index (χ3v) is 5.33. The number of nitrogens with one attached hydrogen (secondary N) is 1. The Morgan fingerprint density at radius 2 is 1.95 bits per heavy atom. The summed E-state index contributed by atoms with van der Waals surface area (Å²) in [4.78, 5) is 0.0891. The van der Waals surface area contributed by atoms with Gasteiger partial charge in [-0.15, -0.1) is 0 Å². The Hall–Kier alpha value is -1.08. The van der Waals surface area contributed by atoms with Crippen LogP contribution in [0.2, 0.25) is 5.02 Å². The molecule has 0 aliphatic heterocycles. The van der Waals surface area contributed by atoms with Gasteiger partial charge >= 0.3 is 0 Å². The maximum Gasteiger partial charge on any atom is 0.241 e. The Morgan fingerprint density at radius 1 is 1.24 bits per heavy atom. The van der Waals surface area contributed by atoms with E-state index in [4.69, 9.17) is 17.3 Å². The molecule has 2 aromatic carbocycles. The van der Waals surface area contributed by atoms with Crippen molar-refractivity contribution in [2.75, 3.05) is 5.73 Å². The molecular weight excluding hydrogens is 376 g/mol. The zero-order valence-electron chi connectivity index (χ0n) is 11.2. The van der Waals surface area contributed by atoms with Crippen molar-refractivity contribution in [2.45, 2.75) is 17.9 Å². The highest BCUT2D eigenvalue weighted by atomic mass is 79.9. The van der Waals surface area contributed by atoms with Gasteiger partial charge in [0, 0.05) is 10.5 Å². The highest BCUT2D eigenvalue weighted by Gasteiger charge is 2.19. The standard InChI is InChI=1S/C14H14BrClN2O2S/c1-9(10-3-2-4-11(15)7-10)18-21(19,20)12-5-6-13(16)14(17)8-12/h2-9,18H,17H2,1H3. The fourth-order valence-corrected chi connectivity index (χ4v) is 3.64. The molecule has 21 heavy (non-hydrogen) atoms. The molecule has 0 saturated carbocycles. The summed E-state index contributed by atoms with van der Waals surface area (Å²) in [6, 6.07) is 11.3. The molecule has 0 bridgehead atoms. The molecule has 7 heteroatoms. The van der Waals surface area contributed by atoms with Crippen molar-refractivity contribution in [3.8, 4) is 0 Å². The topological polar surface area (TPSA) is 72.2 Å². The number of hydrogen-bond acceptors (Lipinski definition) is 3. The van der Waals surface area contributed by atoms with Gasteiger partial charge in [-0.05, 0) is 42.8 Å². The summed E-state index contributed by atoms with van der Waals surface area (Å²) < 4.78 is 28.2. The smallest absolute Gasteiger partial charge is 0.241 e. The van der Waals surface area contributed by atoms with Crippen molar-refractivity contribution >= 4 is 43.2 Å². The third kappa shape index (κ3) is 3.97. The largest absolute Gasteiger partial charge is 0.397 e. The van der Waals surface area contributed by atoms with Crippen LogP contribution in [0.1, 0.15) is 18.5 Å². The molecule has 2 aromatic rings. The molecular formula is C14H14BrClN2O2S. The van der Waals surface area contributed by atoms with E-state index in [0.29, 0.717) is 5.02 Å². The number of benzene rings is 2. The predicted molar refractivity (Wildman–Crippen MR) is 88.7 cm³/mol. The van der Waals surface area contributed by atoms with Crippen LogP contribution in [0.4, 0.5) is 5.69 Å². The van der Waals surface area contributed by atoms with Gasteiger partial charge in [0.1, 0.15) is 0 Å². The first kappa shape index (κ1) is 16.3. The number of halogens is 2. The van der Waals surface area contributed by atoms with E-state index in [2.05, 4.69) is 20.7 Å². The second-order valence-corrected chi connectivity index (χ2v) is 7.62. The number of nitrogens with two attached hydrogens (primary N) is 1. The van der Waals surface area contributed by atoms with Crippen LogP contribution in [0.15, 0.2) is 51.8 Å². The molecule has 0 aliphatic rings. The fourth-order valence-electron chi connectivity index (χ4n) is 1.83. The molecule has 0 heterocycles. The van der Waals surface area contributed by atoms with E-state index in [1.165, 1.54) is 18.2 Å². The van der Waals surface area contributed by atoms with Gasteiger partial charge in [0.2, 0.25) is 10.0 Å². The summed E-state index contributed by atoms with van der Waals surface area (Å²) in [5, 5.41) is 0.328. The summed E-state index contributed by atoms with van der Waals surface area (Å²) in [7, 11) is -3.66. The summed E-state index contributed by atoms with van der Waals surface area (Å²) in [6.07, 6.45) is 0. The summed E-state index contributed by atoms with van der Waals surface area (Å²) >= 11 is 9.17. The first-order chi connectivity index (χ1) is 9.79. The molecule has 1 unspecified atom stereocenters. The minimum Gasteiger partial charge on any atom is -0.397 e. The number of hydrogen-bond donors (Lipinski definition) is 2. The van der Waals surface area contributed by atoms with E-state index >= 15 is 0 Å². The maximum atomic E-state index is 12.3. The molecule has 0 fully saturated rings. The lowest BCUT2D eigenvalue weighted by Crippen LogP contribution is -2.27. The Morgan fingerprint density at radius 3 is 2.57 bits per heavy atom. The quantitative estimate of drug-likeness (QED) is 0.783. The average molecular weight is 390 g/mol. The second kappa shape index (κ2) is 6.36. The van der Waals surface area contributed by atoms with Crippen molar-refractivity contribution < 1.29 is 8.42 Å². The van der Waals surface area contributed by atoms with E-state index in [9.17, 15) is 8.42 Å². The monoisotopic (exact) mass is 388 g/mol. The van der Waals surface area contributed by atoms with Gasteiger partial charge in [-0.3, -0.25) is 0 Å². The molecule has 0 saturated heterocycles. The zero-order chi connectivity index (χ0) is 15.6. The van der Waals surface area contributed by atoms with Crippen molar-refractivity contribution in [1.29, 1.82) is 0 Å². The molecule has 3 N–H and O–H groups in total. The van der Waals surface area contributed by atoms with E-state index in [0.717, 1.165) is 10.0 Å². The van der Waals surface area contributed by atoms with Gasteiger partial charge < -0.3 is 5.73 Å². The van der Waals surface area contributed by atoms with Gasteiger partial charge in [-0.2, -0.15) is 0 Å². The first-order valence-electron chi connectivity index (χ1n) is 6.12. The molecule has 4 nitrogen and oxygen atoms in total. The van der Waals surface area contributed by atoms with Gasteiger partial charge in [0.15, 0.2) is 0 Å². The minimum absolute atomic E-state index is 0.0891. The predicted octanol–water partition coefficient (Wildman–Crippen LogP) is 3.72. The van der Waals surface area contributed by atoms with E-state index in [1.807, 2.05) is 24.3 Å². The minimum atomic E-state index is -3.66. The number of nitrogen functional groups attached to an aromatic ring is 1. The molecule has 0 aliphatic carbocycles. The van der Waals surface area contributed by atoms with Crippen LogP contribution in [-0.2, 0) is 10.0 Å². The molecule has 0 aromatic heterocycles. The lowest BCUT2D eigenvalue weighted by Gasteiger charge is -2.15. The van der Waals surface area contributed by atoms with E-state index in [-0.39, 0.29) is 16.6 Å². The second-order valence-electron chi connectivity index (χ2n) is 4.58. The van der Waals surface area contributed by atoms with Crippen LogP contribution in [0.3, 0.4) is 0 Å². The van der Waals surface area contributed by atoms with Gasteiger partial charge in [-0.1, -0.05) is 39.7 Å². The fraction of sp³-hybridized carbons (Fsp3) is 0.143. The van der Waals surface area contributed by atoms with E-state index in [1.54, 1.807) is 6.92 Å². The van der Waals surface area contributed by atoms with Gasteiger partial charge in [0.05, 0.1) is 15.6 Å². The highest BCUT2D eigenvalue weighted by molar-refractivity contribution is 9.10. The Bertz CT molecular complexity index is 765. The lowest BCUT2D eigenvalue weighted by atomic mass is 10.1. The number of rotatable bonds is 4. The Labute approximate surface area is 137 Å². The molecule has 1 atom stereocenters. The molecule has 0 spiro atoms. The van der Waals surface area contributed by atoms with Crippen molar-refractivity contribution in [3.05, 3.63) is 57.5 Å². The lowest BCUT2D eigenvalue weighted by molar-refractivity contribution is 0.567. The first-order valence-corrected chi connectivity index (χ1v) is 8.78. The number of anilines is 1. The Balaban J connectivity index is 2.26. The van der Waals surface area contributed by atoms with Crippen LogP contribution in [-0.4, -0.2) is 8.42 Å².